The van der Waals surface area contributed by atoms with Crippen LogP contribution in [-0.2, 0) is 9.53 Å². The van der Waals surface area contributed by atoms with Crippen molar-refractivity contribution in [1.82, 2.24) is 0 Å². The van der Waals surface area contributed by atoms with Crippen molar-refractivity contribution in [3.8, 4) is 17.2 Å². The predicted octanol–water partition coefficient (Wildman–Crippen LogP) is 4.85. The van der Waals surface area contributed by atoms with E-state index in [0.29, 0.717) is 22.8 Å². The summed E-state index contributed by atoms with van der Waals surface area (Å²) in [5, 5.41) is 2.09. The number of methoxy groups -OCH3 is 3. The second kappa shape index (κ2) is 7.72. The minimum absolute atomic E-state index is 0.396. The van der Waals surface area contributed by atoms with E-state index in [1.54, 1.807) is 39.5 Å². The van der Waals surface area contributed by atoms with Gasteiger partial charge in [-0.15, -0.1) is 0 Å². The molecule has 0 N–H and O–H groups in total. The molecule has 29 heavy (non-hydrogen) atoms. The van der Waals surface area contributed by atoms with Crippen LogP contribution in [0.5, 0.6) is 17.2 Å². The summed E-state index contributed by atoms with van der Waals surface area (Å²) in [5.41, 5.74) is 2.06. The van der Waals surface area contributed by atoms with Gasteiger partial charge in [0.05, 0.1) is 26.9 Å². The van der Waals surface area contributed by atoms with Gasteiger partial charge in [-0.25, -0.2) is 4.79 Å². The van der Waals surface area contributed by atoms with Gasteiger partial charge in [-0.3, -0.25) is 0 Å². The van der Waals surface area contributed by atoms with Crippen molar-refractivity contribution in [1.29, 1.82) is 0 Å². The van der Waals surface area contributed by atoms with Crippen LogP contribution in [0, 0.1) is 0 Å². The summed E-state index contributed by atoms with van der Waals surface area (Å²) in [6, 6.07) is 17.2. The van der Waals surface area contributed by atoms with Gasteiger partial charge >= 0.3 is 5.97 Å². The van der Waals surface area contributed by atoms with Gasteiger partial charge in [0.15, 0.2) is 0 Å². The molecule has 1 heterocycles. The van der Waals surface area contributed by atoms with Gasteiger partial charge in [0.25, 0.3) is 0 Å². The Kier molecular flexibility index (Phi) is 4.96. The average Bonchev–Trinajstić information content (AvgIpc) is 3.13. The maximum atomic E-state index is 12.4. The molecule has 5 heteroatoms. The van der Waals surface area contributed by atoms with Crippen LogP contribution in [0.4, 0.5) is 0 Å². The second-order valence-corrected chi connectivity index (χ2v) is 6.53. The van der Waals surface area contributed by atoms with Crippen LogP contribution in [-0.4, -0.2) is 27.3 Å². The Hall–Kier alpha value is -3.73. The summed E-state index contributed by atoms with van der Waals surface area (Å²) < 4.78 is 21.4. The average molecular weight is 388 g/mol. The molecule has 3 aromatic carbocycles. The number of cyclic esters (lactones) is 1. The fraction of sp³-hybridized carbons (Fsp3) is 0.125. The second-order valence-electron chi connectivity index (χ2n) is 6.53. The lowest BCUT2D eigenvalue weighted by molar-refractivity contribution is -0.130. The first kappa shape index (κ1) is 18.6. The van der Waals surface area contributed by atoms with Crippen LogP contribution in [0.15, 0.2) is 66.2 Å². The Morgan fingerprint density at radius 3 is 2.24 bits per heavy atom. The maximum Gasteiger partial charge on any atom is 0.343 e. The molecule has 0 unspecified atom stereocenters. The number of carbonyl (C=O) groups excluding carboxylic acids is 1. The highest BCUT2D eigenvalue weighted by Crippen LogP contribution is 2.32. The molecule has 0 fully saturated rings. The molecule has 4 rings (SSSR count). The van der Waals surface area contributed by atoms with Gasteiger partial charge < -0.3 is 18.9 Å². The van der Waals surface area contributed by atoms with E-state index in [2.05, 4.69) is 0 Å². The number of hydrogen-bond acceptors (Lipinski definition) is 5. The molecule has 0 atom stereocenters. The fourth-order valence-corrected chi connectivity index (χ4v) is 3.24. The Morgan fingerprint density at radius 1 is 0.793 bits per heavy atom. The monoisotopic (exact) mass is 388 g/mol. The fourth-order valence-electron chi connectivity index (χ4n) is 3.24. The molecule has 146 valence electrons. The lowest BCUT2D eigenvalue weighted by Gasteiger charge is -2.07. The highest BCUT2D eigenvalue weighted by molar-refractivity contribution is 6.05. The molecule has 0 aliphatic carbocycles. The molecule has 0 bridgehead atoms. The molecule has 0 radical (unpaired) electrons. The van der Waals surface area contributed by atoms with Gasteiger partial charge in [-0.2, -0.15) is 0 Å². The molecular weight excluding hydrogens is 368 g/mol. The highest BCUT2D eigenvalue weighted by Gasteiger charge is 2.22. The first-order valence-corrected chi connectivity index (χ1v) is 9.07. The van der Waals surface area contributed by atoms with Crippen molar-refractivity contribution in [2.75, 3.05) is 21.3 Å². The molecule has 3 aromatic rings. The van der Waals surface area contributed by atoms with Crippen LogP contribution in [0.25, 0.3) is 22.6 Å². The number of ether oxygens (including phenoxy) is 4. The molecule has 0 saturated carbocycles. The zero-order chi connectivity index (χ0) is 20.4. The van der Waals surface area contributed by atoms with Crippen LogP contribution in [0.3, 0.4) is 0 Å². The molecule has 0 saturated heterocycles. The van der Waals surface area contributed by atoms with Crippen molar-refractivity contribution < 1.29 is 23.7 Å². The Labute approximate surface area is 168 Å². The van der Waals surface area contributed by atoms with Gasteiger partial charge in [0.1, 0.15) is 23.0 Å². The minimum atomic E-state index is -0.396. The predicted molar refractivity (Wildman–Crippen MR) is 112 cm³/mol. The van der Waals surface area contributed by atoms with Crippen LogP contribution in [0.1, 0.15) is 11.1 Å². The first-order chi connectivity index (χ1) is 14.1. The van der Waals surface area contributed by atoms with Crippen molar-refractivity contribution >= 4 is 28.6 Å². The molecule has 0 aromatic heterocycles. The SMILES string of the molecule is COc1ccc(/C=C2/C=C(c3ccc4cc(OC)ccc4c3)OC2=O)c(OC)c1. The van der Waals surface area contributed by atoms with E-state index in [4.69, 9.17) is 18.9 Å². The number of carbonyl (C=O) groups is 1. The van der Waals surface area contributed by atoms with Crippen molar-refractivity contribution in [2.45, 2.75) is 0 Å². The third-order valence-corrected chi connectivity index (χ3v) is 4.81. The molecule has 0 spiro atoms. The number of esters is 1. The summed E-state index contributed by atoms with van der Waals surface area (Å²) in [5.74, 6) is 2.22. The van der Waals surface area contributed by atoms with E-state index < -0.39 is 5.97 Å². The number of rotatable bonds is 5. The van der Waals surface area contributed by atoms with Crippen LogP contribution in [0.2, 0.25) is 0 Å². The molecule has 1 aliphatic heterocycles. The number of hydrogen-bond donors (Lipinski definition) is 0. The Bertz CT molecular complexity index is 1160. The standard InChI is InChI=1S/C24H20O5/c1-26-20-8-6-15-10-18(5-4-16(15)12-20)23-13-19(24(25)29-23)11-17-7-9-21(27-2)14-22(17)28-3/h4-14H,1-3H3/b19-11-. The van der Waals surface area contributed by atoms with Gasteiger partial charge in [0, 0.05) is 17.2 Å². The number of benzene rings is 3. The quantitative estimate of drug-likeness (QED) is 0.462. The largest absolute Gasteiger partial charge is 0.497 e. The van der Waals surface area contributed by atoms with E-state index in [1.165, 1.54) is 0 Å². The summed E-state index contributed by atoms with van der Waals surface area (Å²) >= 11 is 0. The van der Waals surface area contributed by atoms with E-state index >= 15 is 0 Å². The topological polar surface area (TPSA) is 54.0 Å². The maximum absolute atomic E-state index is 12.4. The van der Waals surface area contributed by atoms with Gasteiger partial charge in [0.2, 0.25) is 0 Å². The normalized spacial score (nSPS) is 14.7. The minimum Gasteiger partial charge on any atom is -0.497 e. The van der Waals surface area contributed by atoms with Crippen molar-refractivity contribution in [3.05, 3.63) is 77.4 Å². The lowest BCUT2D eigenvalue weighted by Crippen LogP contribution is -1.98. The highest BCUT2D eigenvalue weighted by atomic mass is 16.5. The summed E-state index contributed by atoms with van der Waals surface area (Å²) in [4.78, 5) is 12.4. The van der Waals surface area contributed by atoms with E-state index in [-0.39, 0.29) is 0 Å². The molecule has 5 nitrogen and oxygen atoms in total. The van der Waals surface area contributed by atoms with Crippen molar-refractivity contribution in [3.63, 3.8) is 0 Å². The Balaban J connectivity index is 1.69. The zero-order valence-electron chi connectivity index (χ0n) is 16.4. The van der Waals surface area contributed by atoms with Crippen LogP contribution < -0.4 is 14.2 Å². The van der Waals surface area contributed by atoms with Gasteiger partial charge in [-0.1, -0.05) is 18.2 Å². The van der Waals surface area contributed by atoms with Gasteiger partial charge in [-0.05, 0) is 53.3 Å². The van der Waals surface area contributed by atoms with E-state index in [9.17, 15) is 4.79 Å². The van der Waals surface area contributed by atoms with Crippen LogP contribution >= 0.6 is 0 Å². The summed E-state index contributed by atoms with van der Waals surface area (Å²) in [6.45, 7) is 0. The summed E-state index contributed by atoms with van der Waals surface area (Å²) in [6.07, 6.45) is 3.50. The first-order valence-electron chi connectivity index (χ1n) is 9.07. The van der Waals surface area contributed by atoms with Crippen molar-refractivity contribution in [2.24, 2.45) is 0 Å². The zero-order valence-corrected chi connectivity index (χ0v) is 16.4. The van der Waals surface area contributed by atoms with E-state index in [0.717, 1.165) is 27.6 Å². The molecule has 0 amide bonds. The van der Waals surface area contributed by atoms with E-state index in [1.807, 2.05) is 48.5 Å². The lowest BCUT2D eigenvalue weighted by atomic mass is 10.0. The molecule has 1 aliphatic rings. The third-order valence-electron chi connectivity index (χ3n) is 4.81. The summed E-state index contributed by atoms with van der Waals surface area (Å²) in [7, 11) is 4.81. The third kappa shape index (κ3) is 3.67. The Morgan fingerprint density at radius 2 is 1.48 bits per heavy atom. The smallest absolute Gasteiger partial charge is 0.343 e. The number of fused-ring (bicyclic) bond motifs is 1. The molecular formula is C24H20O5.